The summed E-state index contributed by atoms with van der Waals surface area (Å²) >= 11 is 3.27. The molecule has 0 unspecified atom stereocenters. The summed E-state index contributed by atoms with van der Waals surface area (Å²) in [6, 6.07) is 7.68. The maximum Gasteiger partial charge on any atom is 0.351 e. The summed E-state index contributed by atoms with van der Waals surface area (Å²) < 4.78 is 10.7. The number of hydrogen-bond donors (Lipinski definition) is 0. The summed E-state index contributed by atoms with van der Waals surface area (Å²) in [4.78, 5) is 24.3. The zero-order chi connectivity index (χ0) is 16.3. The molecule has 0 aliphatic rings. The highest BCUT2D eigenvalue weighted by molar-refractivity contribution is 9.10. The Bertz CT molecular complexity index is 803. The minimum Gasteiger partial charge on any atom is -0.494 e. The molecule has 0 spiro atoms. The number of carbonyl (C=O) groups excluding carboxylic acids is 1. The lowest BCUT2D eigenvalue weighted by atomic mass is 10.1. The van der Waals surface area contributed by atoms with Gasteiger partial charge in [0, 0.05) is 0 Å². The van der Waals surface area contributed by atoms with Crippen LogP contribution < -0.4 is 10.4 Å². The molecule has 114 valence electrons. The number of benzene rings is 1. The maximum atomic E-state index is 12.3. The van der Waals surface area contributed by atoms with Gasteiger partial charge in [-0.2, -0.15) is 0 Å². The molecule has 1 heterocycles. The minimum atomic E-state index is -0.712. The van der Waals surface area contributed by atoms with Crippen molar-refractivity contribution in [2.24, 2.45) is 0 Å². The summed E-state index contributed by atoms with van der Waals surface area (Å²) in [5.74, 6) is 0.0847. The third-order valence-corrected chi connectivity index (χ3v) is 4.02. The Morgan fingerprint density at radius 2 is 2.05 bits per heavy atom. The highest BCUT2D eigenvalue weighted by atomic mass is 79.9. The Balaban J connectivity index is 2.42. The zero-order valence-electron chi connectivity index (χ0n) is 12.5. The molecule has 0 aliphatic heterocycles. The van der Waals surface area contributed by atoms with Crippen molar-refractivity contribution in [1.29, 1.82) is 0 Å². The summed E-state index contributed by atoms with van der Waals surface area (Å²) in [7, 11) is 1.40. The van der Waals surface area contributed by atoms with Crippen molar-refractivity contribution in [3.8, 4) is 5.75 Å². The molecule has 0 fully saturated rings. The Kier molecular flexibility index (Phi) is 4.98. The fraction of sp³-hybridized carbons (Fsp3) is 0.176. The van der Waals surface area contributed by atoms with Crippen LogP contribution in [0.25, 0.3) is 6.08 Å². The van der Waals surface area contributed by atoms with E-state index in [1.165, 1.54) is 13.2 Å². The molecule has 0 N–H and O–H groups in total. The fourth-order valence-electron chi connectivity index (χ4n) is 2.03. The first-order valence-corrected chi connectivity index (χ1v) is 7.39. The fourth-order valence-corrected chi connectivity index (χ4v) is 2.47. The van der Waals surface area contributed by atoms with E-state index in [1.807, 2.05) is 31.2 Å². The van der Waals surface area contributed by atoms with Crippen molar-refractivity contribution in [3.63, 3.8) is 0 Å². The van der Waals surface area contributed by atoms with Gasteiger partial charge >= 0.3 is 5.63 Å². The van der Waals surface area contributed by atoms with Crippen molar-refractivity contribution in [3.05, 3.63) is 67.7 Å². The Morgan fingerprint density at radius 3 is 2.68 bits per heavy atom. The second kappa shape index (κ2) is 6.75. The molecule has 0 atom stereocenters. The smallest absolute Gasteiger partial charge is 0.351 e. The lowest BCUT2D eigenvalue weighted by molar-refractivity contribution is 0.104. The second-order valence-corrected chi connectivity index (χ2v) is 5.57. The van der Waals surface area contributed by atoms with Gasteiger partial charge in [0.1, 0.15) is 5.76 Å². The van der Waals surface area contributed by atoms with Crippen LogP contribution in [0.2, 0.25) is 0 Å². The van der Waals surface area contributed by atoms with E-state index in [2.05, 4.69) is 15.9 Å². The third-order valence-electron chi connectivity index (χ3n) is 3.11. The van der Waals surface area contributed by atoms with E-state index in [4.69, 9.17) is 9.15 Å². The van der Waals surface area contributed by atoms with Crippen LogP contribution in [0.5, 0.6) is 5.75 Å². The Labute approximate surface area is 136 Å². The van der Waals surface area contributed by atoms with Gasteiger partial charge in [-0.15, -0.1) is 0 Å². The predicted molar refractivity (Wildman–Crippen MR) is 88.5 cm³/mol. The lowest BCUT2D eigenvalue weighted by Gasteiger charge is -2.08. The van der Waals surface area contributed by atoms with Crippen LogP contribution >= 0.6 is 15.9 Å². The summed E-state index contributed by atoms with van der Waals surface area (Å²) in [6.45, 7) is 3.58. The largest absolute Gasteiger partial charge is 0.494 e. The third kappa shape index (κ3) is 3.36. The first-order chi connectivity index (χ1) is 10.4. The van der Waals surface area contributed by atoms with Gasteiger partial charge < -0.3 is 9.15 Å². The quantitative estimate of drug-likeness (QED) is 0.610. The first kappa shape index (κ1) is 16.2. The average Bonchev–Trinajstić information content (AvgIpc) is 2.48. The molecular formula is C17H15BrO4. The number of hydrogen-bond acceptors (Lipinski definition) is 4. The molecule has 2 aromatic rings. The molecule has 4 nitrogen and oxygen atoms in total. The molecule has 0 amide bonds. The van der Waals surface area contributed by atoms with E-state index in [-0.39, 0.29) is 11.3 Å². The summed E-state index contributed by atoms with van der Waals surface area (Å²) in [5.41, 5.74) is 1.13. The number of rotatable bonds is 4. The highest BCUT2D eigenvalue weighted by Gasteiger charge is 2.21. The molecule has 22 heavy (non-hydrogen) atoms. The second-order valence-electron chi connectivity index (χ2n) is 4.78. The monoisotopic (exact) mass is 362 g/mol. The number of aryl methyl sites for hydroxylation is 2. The van der Waals surface area contributed by atoms with E-state index in [9.17, 15) is 9.59 Å². The number of ketones is 1. The molecule has 0 radical (unpaired) electrons. The van der Waals surface area contributed by atoms with Crippen LogP contribution in [0.15, 0.2) is 44.0 Å². The van der Waals surface area contributed by atoms with Gasteiger partial charge in [0.05, 0.1) is 11.6 Å². The highest BCUT2D eigenvalue weighted by Crippen LogP contribution is 2.30. The van der Waals surface area contributed by atoms with Crippen molar-refractivity contribution in [2.75, 3.05) is 7.11 Å². The molecule has 1 aromatic carbocycles. The molecule has 0 saturated heterocycles. The molecule has 5 heteroatoms. The minimum absolute atomic E-state index is 0.121. The lowest BCUT2D eigenvalue weighted by Crippen LogP contribution is -2.15. The first-order valence-electron chi connectivity index (χ1n) is 6.60. The Hall–Kier alpha value is -2.14. The molecule has 0 saturated carbocycles. The Morgan fingerprint density at radius 1 is 1.32 bits per heavy atom. The van der Waals surface area contributed by atoms with Crippen molar-refractivity contribution in [1.82, 2.24) is 0 Å². The van der Waals surface area contributed by atoms with Gasteiger partial charge in [-0.3, -0.25) is 4.79 Å². The summed E-state index contributed by atoms with van der Waals surface area (Å²) in [5, 5.41) is 0. The number of ether oxygens (including phenoxy) is 1. The van der Waals surface area contributed by atoms with Crippen molar-refractivity contribution >= 4 is 27.8 Å². The predicted octanol–water partition coefficient (Wildman–Crippen LogP) is 3.92. The van der Waals surface area contributed by atoms with Gasteiger partial charge in [-0.1, -0.05) is 35.9 Å². The number of halogens is 1. The molecule has 1 aromatic heterocycles. The van der Waals surface area contributed by atoms with E-state index in [0.717, 1.165) is 11.1 Å². The van der Waals surface area contributed by atoms with Gasteiger partial charge in [0.15, 0.2) is 17.1 Å². The van der Waals surface area contributed by atoms with Crippen LogP contribution in [0.3, 0.4) is 0 Å². The SMILES string of the molecule is COc1c(Br)c(C)oc(=O)c1C(=O)C=Cc1cccc(C)c1. The standard InChI is InChI=1S/C17H15BrO4/c1-10-5-4-6-12(9-10)7-8-13(19)14-16(21-3)15(18)11(2)22-17(14)20/h4-9H,1-3H3. The van der Waals surface area contributed by atoms with E-state index in [0.29, 0.717) is 10.2 Å². The average molecular weight is 363 g/mol. The normalized spacial score (nSPS) is 10.9. The molecule has 0 aliphatic carbocycles. The van der Waals surface area contributed by atoms with Crippen LogP contribution in [0.4, 0.5) is 0 Å². The molecular weight excluding hydrogens is 348 g/mol. The van der Waals surface area contributed by atoms with Crippen LogP contribution in [-0.4, -0.2) is 12.9 Å². The maximum absolute atomic E-state index is 12.3. The van der Waals surface area contributed by atoms with E-state index in [1.54, 1.807) is 13.0 Å². The van der Waals surface area contributed by atoms with Gasteiger partial charge in [-0.05, 0) is 41.4 Å². The zero-order valence-corrected chi connectivity index (χ0v) is 14.1. The summed E-state index contributed by atoms with van der Waals surface area (Å²) in [6.07, 6.45) is 2.99. The van der Waals surface area contributed by atoms with Crippen LogP contribution in [0, 0.1) is 13.8 Å². The van der Waals surface area contributed by atoms with E-state index < -0.39 is 11.4 Å². The topological polar surface area (TPSA) is 56.5 Å². The van der Waals surface area contributed by atoms with E-state index >= 15 is 0 Å². The molecule has 2 rings (SSSR count). The van der Waals surface area contributed by atoms with Gasteiger partial charge in [-0.25, -0.2) is 4.79 Å². The molecule has 0 bridgehead atoms. The van der Waals surface area contributed by atoms with Crippen molar-refractivity contribution in [2.45, 2.75) is 13.8 Å². The van der Waals surface area contributed by atoms with Crippen LogP contribution in [-0.2, 0) is 0 Å². The van der Waals surface area contributed by atoms with Crippen LogP contribution in [0.1, 0.15) is 27.2 Å². The van der Waals surface area contributed by atoms with Gasteiger partial charge in [0.25, 0.3) is 0 Å². The number of carbonyl (C=O) groups is 1. The van der Waals surface area contributed by atoms with Crippen molar-refractivity contribution < 1.29 is 13.9 Å². The number of methoxy groups -OCH3 is 1. The number of allylic oxidation sites excluding steroid dienone is 1. The van der Waals surface area contributed by atoms with Gasteiger partial charge in [0.2, 0.25) is 0 Å².